The Morgan fingerprint density at radius 3 is 2.90 bits per heavy atom. The van der Waals surface area contributed by atoms with Gasteiger partial charge in [0.2, 0.25) is 0 Å². The lowest BCUT2D eigenvalue weighted by molar-refractivity contribution is 0.768. The molecular formula is C14H16N6. The van der Waals surface area contributed by atoms with Crippen LogP contribution in [0, 0.1) is 0 Å². The van der Waals surface area contributed by atoms with Crippen molar-refractivity contribution >= 4 is 16.9 Å². The Hall–Kier alpha value is -2.37. The number of hydrogen-bond donors (Lipinski definition) is 1. The second-order valence-electron chi connectivity index (χ2n) is 5.37. The Bertz CT molecular complexity index is 767. The monoisotopic (exact) mass is 268 g/mol. The van der Waals surface area contributed by atoms with E-state index in [-0.39, 0.29) is 0 Å². The molecule has 3 heterocycles. The van der Waals surface area contributed by atoms with Crippen molar-refractivity contribution in [2.24, 2.45) is 7.05 Å². The maximum absolute atomic E-state index is 4.50. The molecule has 3 aromatic rings. The molecule has 0 radical (unpaired) electrons. The SMILES string of the molecule is CN(c1ncnc2[nH]cc(-c3cnn(C)c3)c12)C1CC1. The Labute approximate surface area is 116 Å². The van der Waals surface area contributed by atoms with Crippen molar-refractivity contribution in [2.45, 2.75) is 18.9 Å². The van der Waals surface area contributed by atoms with Crippen molar-refractivity contribution in [1.29, 1.82) is 0 Å². The third kappa shape index (κ3) is 1.68. The van der Waals surface area contributed by atoms with Gasteiger partial charge in [-0.25, -0.2) is 9.97 Å². The van der Waals surface area contributed by atoms with Crippen molar-refractivity contribution in [3.05, 3.63) is 24.9 Å². The highest BCUT2D eigenvalue weighted by molar-refractivity contribution is 6.01. The number of aromatic amines is 1. The molecule has 1 N–H and O–H groups in total. The molecule has 6 heteroatoms. The van der Waals surface area contributed by atoms with Gasteiger partial charge in [-0.15, -0.1) is 0 Å². The van der Waals surface area contributed by atoms with E-state index in [1.807, 2.05) is 30.3 Å². The standard InChI is InChI=1S/C14H16N6/c1-19-7-9(5-18-19)11-6-15-13-12(11)14(17-8-16-13)20(2)10-3-4-10/h5-8,10H,3-4H2,1-2H3,(H,15,16,17). The average molecular weight is 268 g/mol. The van der Waals surface area contributed by atoms with Crippen LogP contribution in [0.1, 0.15) is 12.8 Å². The summed E-state index contributed by atoms with van der Waals surface area (Å²) >= 11 is 0. The normalized spacial score (nSPS) is 14.9. The Balaban J connectivity index is 1.93. The van der Waals surface area contributed by atoms with Crippen molar-refractivity contribution in [3.63, 3.8) is 0 Å². The summed E-state index contributed by atoms with van der Waals surface area (Å²) in [5.74, 6) is 0.998. The largest absolute Gasteiger partial charge is 0.356 e. The maximum Gasteiger partial charge on any atom is 0.143 e. The molecule has 3 aromatic heterocycles. The molecule has 6 nitrogen and oxygen atoms in total. The van der Waals surface area contributed by atoms with Crippen LogP contribution in [0.4, 0.5) is 5.82 Å². The summed E-state index contributed by atoms with van der Waals surface area (Å²) in [7, 11) is 4.03. The lowest BCUT2D eigenvalue weighted by atomic mass is 10.1. The second kappa shape index (κ2) is 4.06. The molecular weight excluding hydrogens is 252 g/mol. The van der Waals surface area contributed by atoms with Gasteiger partial charge in [-0.05, 0) is 12.8 Å². The number of rotatable bonds is 3. The highest BCUT2D eigenvalue weighted by atomic mass is 15.2. The third-order valence-corrected chi connectivity index (χ3v) is 3.89. The summed E-state index contributed by atoms with van der Waals surface area (Å²) in [6.45, 7) is 0. The predicted octanol–water partition coefficient (Wildman–Crippen LogP) is 1.96. The minimum absolute atomic E-state index is 0.616. The molecule has 4 rings (SSSR count). The second-order valence-corrected chi connectivity index (χ2v) is 5.37. The lowest BCUT2D eigenvalue weighted by Crippen LogP contribution is -2.21. The molecule has 1 fully saturated rings. The van der Waals surface area contributed by atoms with Crippen LogP contribution < -0.4 is 4.90 Å². The minimum Gasteiger partial charge on any atom is -0.356 e. The number of hydrogen-bond acceptors (Lipinski definition) is 4. The van der Waals surface area contributed by atoms with E-state index in [0.29, 0.717) is 6.04 Å². The highest BCUT2D eigenvalue weighted by Gasteiger charge is 2.29. The Morgan fingerprint density at radius 1 is 1.35 bits per heavy atom. The van der Waals surface area contributed by atoms with E-state index >= 15 is 0 Å². The van der Waals surface area contributed by atoms with Crippen LogP contribution >= 0.6 is 0 Å². The number of aryl methyl sites for hydroxylation is 1. The van der Waals surface area contributed by atoms with Crippen LogP contribution in [0.25, 0.3) is 22.2 Å². The first-order chi connectivity index (χ1) is 9.74. The van der Waals surface area contributed by atoms with Gasteiger partial charge in [-0.2, -0.15) is 5.10 Å². The summed E-state index contributed by atoms with van der Waals surface area (Å²) in [5.41, 5.74) is 3.07. The van der Waals surface area contributed by atoms with Crippen molar-refractivity contribution in [2.75, 3.05) is 11.9 Å². The summed E-state index contributed by atoms with van der Waals surface area (Å²) < 4.78 is 1.81. The van der Waals surface area contributed by atoms with E-state index in [2.05, 4.69) is 32.0 Å². The van der Waals surface area contributed by atoms with Crippen molar-refractivity contribution in [1.82, 2.24) is 24.7 Å². The molecule has 0 saturated heterocycles. The topological polar surface area (TPSA) is 62.6 Å². The molecule has 1 saturated carbocycles. The molecule has 0 spiro atoms. The van der Waals surface area contributed by atoms with E-state index < -0.39 is 0 Å². The summed E-state index contributed by atoms with van der Waals surface area (Å²) in [4.78, 5) is 14.3. The number of anilines is 1. The molecule has 1 aliphatic carbocycles. The van der Waals surface area contributed by atoms with Gasteiger partial charge in [-0.1, -0.05) is 0 Å². The van der Waals surface area contributed by atoms with Crippen molar-refractivity contribution < 1.29 is 0 Å². The van der Waals surface area contributed by atoms with Crippen LogP contribution in [0.5, 0.6) is 0 Å². The Morgan fingerprint density at radius 2 is 2.20 bits per heavy atom. The van der Waals surface area contributed by atoms with Crippen molar-refractivity contribution in [3.8, 4) is 11.1 Å². The van der Waals surface area contributed by atoms with Gasteiger partial charge in [0.05, 0.1) is 11.6 Å². The van der Waals surface area contributed by atoms with E-state index in [0.717, 1.165) is 28.0 Å². The molecule has 20 heavy (non-hydrogen) atoms. The van der Waals surface area contributed by atoms with Gasteiger partial charge in [0, 0.05) is 43.7 Å². The number of nitrogens with zero attached hydrogens (tertiary/aromatic N) is 5. The lowest BCUT2D eigenvalue weighted by Gasteiger charge is -2.18. The smallest absolute Gasteiger partial charge is 0.143 e. The first kappa shape index (κ1) is 11.5. The molecule has 102 valence electrons. The first-order valence-corrected chi connectivity index (χ1v) is 6.78. The quantitative estimate of drug-likeness (QED) is 0.788. The van der Waals surface area contributed by atoms with Gasteiger partial charge in [0.25, 0.3) is 0 Å². The summed E-state index contributed by atoms with van der Waals surface area (Å²) in [5, 5.41) is 5.33. The zero-order valence-corrected chi connectivity index (χ0v) is 11.5. The summed E-state index contributed by atoms with van der Waals surface area (Å²) in [6, 6.07) is 0.616. The fourth-order valence-corrected chi connectivity index (χ4v) is 2.64. The zero-order chi connectivity index (χ0) is 13.7. The van der Waals surface area contributed by atoms with E-state index in [1.165, 1.54) is 12.8 Å². The van der Waals surface area contributed by atoms with E-state index in [4.69, 9.17) is 0 Å². The van der Waals surface area contributed by atoms with Gasteiger partial charge in [0.1, 0.15) is 17.8 Å². The number of nitrogens with one attached hydrogen (secondary N) is 1. The van der Waals surface area contributed by atoms with Gasteiger partial charge >= 0.3 is 0 Å². The van der Waals surface area contributed by atoms with E-state index in [9.17, 15) is 0 Å². The first-order valence-electron chi connectivity index (χ1n) is 6.78. The summed E-state index contributed by atoms with van der Waals surface area (Å²) in [6.07, 6.45) is 9.98. The zero-order valence-electron chi connectivity index (χ0n) is 11.5. The van der Waals surface area contributed by atoms with Gasteiger partial charge in [0.15, 0.2) is 0 Å². The maximum atomic E-state index is 4.50. The van der Waals surface area contributed by atoms with Crippen LogP contribution in [0.3, 0.4) is 0 Å². The highest BCUT2D eigenvalue weighted by Crippen LogP contribution is 2.37. The Kier molecular flexibility index (Phi) is 2.33. The van der Waals surface area contributed by atoms with E-state index in [1.54, 1.807) is 6.33 Å². The van der Waals surface area contributed by atoms with Crippen LogP contribution in [0.2, 0.25) is 0 Å². The number of H-pyrrole nitrogens is 1. The number of aromatic nitrogens is 5. The molecule has 0 aliphatic heterocycles. The minimum atomic E-state index is 0.616. The van der Waals surface area contributed by atoms with Crippen LogP contribution in [-0.2, 0) is 7.05 Å². The molecule has 1 aliphatic rings. The molecule has 0 atom stereocenters. The number of fused-ring (bicyclic) bond motifs is 1. The fourth-order valence-electron chi connectivity index (χ4n) is 2.64. The van der Waals surface area contributed by atoms with Crippen LogP contribution in [-0.4, -0.2) is 37.8 Å². The fraction of sp³-hybridized carbons (Fsp3) is 0.357. The van der Waals surface area contributed by atoms with Gasteiger partial charge in [-0.3, -0.25) is 4.68 Å². The molecule has 0 amide bonds. The predicted molar refractivity (Wildman–Crippen MR) is 77.5 cm³/mol. The average Bonchev–Trinajstić information content (AvgIpc) is 3.08. The molecule has 0 bridgehead atoms. The molecule has 0 unspecified atom stereocenters. The molecule has 0 aromatic carbocycles. The van der Waals surface area contributed by atoms with Crippen LogP contribution in [0.15, 0.2) is 24.9 Å². The van der Waals surface area contributed by atoms with Gasteiger partial charge < -0.3 is 9.88 Å². The third-order valence-electron chi connectivity index (χ3n) is 3.89.